The molecule has 0 atom stereocenters. The number of nitrogens with one attached hydrogen (secondary N) is 2. The number of hydrogen-bond acceptors (Lipinski definition) is 4. The van der Waals surface area contributed by atoms with Crippen molar-refractivity contribution in [2.75, 3.05) is 10.6 Å². The lowest BCUT2D eigenvalue weighted by Gasteiger charge is -2.19. The van der Waals surface area contributed by atoms with E-state index in [9.17, 15) is 33.0 Å². The van der Waals surface area contributed by atoms with Gasteiger partial charge in [-0.3, -0.25) is 0 Å². The van der Waals surface area contributed by atoms with Crippen LogP contribution in [0.15, 0.2) is 84.9 Å². The number of alkyl halides is 3. The van der Waals surface area contributed by atoms with Gasteiger partial charge in [-0.05, 0) is 54.6 Å². The van der Waals surface area contributed by atoms with Gasteiger partial charge in [0.05, 0.1) is 39.4 Å². The van der Waals surface area contributed by atoms with Gasteiger partial charge in [0.2, 0.25) is 0 Å². The van der Waals surface area contributed by atoms with Crippen LogP contribution in [0.1, 0.15) is 37.4 Å². The molecule has 0 aliphatic rings. The Hall–Kier alpha value is -4.54. The smallest absolute Gasteiger partial charge is 0.416 e. The van der Waals surface area contributed by atoms with Crippen LogP contribution in [0, 0.1) is 0 Å². The Morgan fingerprint density at radius 3 is 1.95 bits per heavy atom. The SMILES string of the molecule is O=C(O)c1ccccc1Nc1ccc(C(F)(F)F)cc1Nc1ccc(C[NH2+]Cc2ccc(Cl)cc2)cc1C(=O)O. The molecular weight excluding hydrogens is 547 g/mol. The third-order valence-corrected chi connectivity index (χ3v) is 6.28. The van der Waals surface area contributed by atoms with Crippen molar-refractivity contribution in [3.05, 3.63) is 118 Å². The normalized spacial score (nSPS) is 11.2. The molecule has 0 aromatic heterocycles. The fraction of sp³-hybridized carbons (Fsp3) is 0.103. The quantitative estimate of drug-likeness (QED) is 0.149. The second kappa shape index (κ2) is 12.1. The maximum atomic E-state index is 13.5. The maximum Gasteiger partial charge on any atom is 0.416 e. The summed E-state index contributed by atoms with van der Waals surface area (Å²) < 4.78 is 40.6. The van der Waals surface area contributed by atoms with Crippen molar-refractivity contribution in [1.29, 1.82) is 0 Å². The largest absolute Gasteiger partial charge is 0.478 e. The molecule has 0 saturated heterocycles. The lowest BCUT2D eigenvalue weighted by Crippen LogP contribution is -2.80. The summed E-state index contributed by atoms with van der Waals surface area (Å²) in [5.74, 6) is -2.49. The van der Waals surface area contributed by atoms with Crippen LogP contribution >= 0.6 is 11.6 Å². The van der Waals surface area contributed by atoms with Crippen LogP contribution in [0.5, 0.6) is 0 Å². The van der Waals surface area contributed by atoms with Gasteiger partial charge in [-0.1, -0.05) is 41.9 Å². The van der Waals surface area contributed by atoms with E-state index in [2.05, 4.69) is 10.6 Å². The Kier molecular flexibility index (Phi) is 8.61. The van der Waals surface area contributed by atoms with Crippen molar-refractivity contribution in [3.8, 4) is 0 Å². The van der Waals surface area contributed by atoms with Gasteiger partial charge in [-0.15, -0.1) is 0 Å². The summed E-state index contributed by atoms with van der Waals surface area (Å²) >= 11 is 5.91. The number of carbonyl (C=O) groups is 2. The minimum absolute atomic E-state index is 0.0721. The molecular formula is C29H24ClF3N3O4+. The number of quaternary nitrogens is 1. The number of halogens is 4. The fourth-order valence-electron chi connectivity index (χ4n) is 4.03. The number of rotatable bonds is 10. The van der Waals surface area contributed by atoms with Gasteiger partial charge in [-0.2, -0.15) is 13.2 Å². The van der Waals surface area contributed by atoms with Gasteiger partial charge >= 0.3 is 18.1 Å². The number of hydrogen-bond donors (Lipinski definition) is 5. The van der Waals surface area contributed by atoms with Crippen LogP contribution in [-0.4, -0.2) is 22.2 Å². The highest BCUT2D eigenvalue weighted by Crippen LogP contribution is 2.37. The van der Waals surface area contributed by atoms with Crippen molar-refractivity contribution in [1.82, 2.24) is 0 Å². The van der Waals surface area contributed by atoms with E-state index in [1.165, 1.54) is 30.3 Å². The summed E-state index contributed by atoms with van der Waals surface area (Å²) in [6.45, 7) is 1.10. The van der Waals surface area contributed by atoms with Crippen molar-refractivity contribution >= 4 is 46.3 Å². The number of nitrogens with two attached hydrogens (primary N) is 1. The zero-order valence-corrected chi connectivity index (χ0v) is 21.6. The average Bonchev–Trinajstić information content (AvgIpc) is 2.91. The van der Waals surface area contributed by atoms with E-state index in [4.69, 9.17) is 11.6 Å². The lowest BCUT2D eigenvalue weighted by atomic mass is 10.1. The van der Waals surface area contributed by atoms with E-state index >= 15 is 0 Å². The van der Waals surface area contributed by atoms with Crippen molar-refractivity contribution < 1.29 is 38.3 Å². The number of anilines is 4. The Morgan fingerprint density at radius 1 is 0.700 bits per heavy atom. The van der Waals surface area contributed by atoms with Crippen LogP contribution in [0.25, 0.3) is 0 Å². The van der Waals surface area contributed by atoms with Crippen molar-refractivity contribution in [2.24, 2.45) is 0 Å². The summed E-state index contributed by atoms with van der Waals surface area (Å²) in [5, 5.41) is 27.6. The third kappa shape index (κ3) is 7.10. The highest BCUT2D eigenvalue weighted by molar-refractivity contribution is 6.30. The van der Waals surface area contributed by atoms with Gasteiger partial charge in [0.1, 0.15) is 13.1 Å². The molecule has 206 valence electrons. The molecule has 7 nitrogen and oxygen atoms in total. The molecule has 0 spiro atoms. The number of carboxylic acid groups (broad SMARTS) is 2. The second-order valence-electron chi connectivity index (χ2n) is 8.87. The molecule has 0 aliphatic carbocycles. The molecule has 0 saturated carbocycles. The van der Waals surface area contributed by atoms with E-state index in [1.54, 1.807) is 24.3 Å². The van der Waals surface area contributed by atoms with E-state index in [0.717, 1.165) is 23.8 Å². The molecule has 11 heteroatoms. The average molecular weight is 571 g/mol. The number of aromatic carboxylic acids is 2. The number of carboxylic acids is 2. The van der Waals surface area contributed by atoms with Crippen molar-refractivity contribution in [2.45, 2.75) is 19.3 Å². The van der Waals surface area contributed by atoms with Gasteiger partial charge in [0, 0.05) is 16.1 Å². The molecule has 4 aromatic rings. The van der Waals surface area contributed by atoms with Crippen LogP contribution in [-0.2, 0) is 19.3 Å². The van der Waals surface area contributed by atoms with Gasteiger partial charge in [0.25, 0.3) is 0 Å². The Morgan fingerprint density at radius 2 is 1.27 bits per heavy atom. The molecule has 0 amide bonds. The monoisotopic (exact) mass is 570 g/mol. The van der Waals surface area contributed by atoms with Crippen LogP contribution < -0.4 is 16.0 Å². The Balaban J connectivity index is 1.62. The summed E-state index contributed by atoms with van der Waals surface area (Å²) in [5.41, 5.74) is 0.830. The first-order valence-corrected chi connectivity index (χ1v) is 12.4. The molecule has 40 heavy (non-hydrogen) atoms. The van der Waals surface area contributed by atoms with Gasteiger partial charge < -0.3 is 26.2 Å². The second-order valence-corrected chi connectivity index (χ2v) is 9.30. The first-order valence-electron chi connectivity index (χ1n) is 12.0. The lowest BCUT2D eigenvalue weighted by molar-refractivity contribution is -0.686. The standard InChI is InChI=1S/C29H23ClF3N3O4/c30-20-9-5-17(6-10-20)15-34-16-18-7-11-24(22(13-18)28(39)40)36-26-14-19(29(31,32)33)8-12-25(26)35-23-4-2-1-3-21(23)27(37)38/h1-14,34-36H,15-16H2,(H,37,38)(H,39,40)/p+1. The zero-order valence-electron chi connectivity index (χ0n) is 20.8. The molecule has 4 aromatic carbocycles. The summed E-state index contributed by atoms with van der Waals surface area (Å²) in [4.78, 5) is 23.7. The molecule has 0 radical (unpaired) electrons. The maximum absolute atomic E-state index is 13.5. The van der Waals surface area contributed by atoms with E-state index in [1.807, 2.05) is 17.4 Å². The topological polar surface area (TPSA) is 115 Å². The molecule has 0 heterocycles. The number of benzene rings is 4. The molecule has 0 fully saturated rings. The van der Waals surface area contributed by atoms with Crippen molar-refractivity contribution in [3.63, 3.8) is 0 Å². The van der Waals surface area contributed by atoms with E-state index in [-0.39, 0.29) is 33.9 Å². The molecule has 0 unspecified atom stereocenters. The highest BCUT2D eigenvalue weighted by Gasteiger charge is 2.31. The third-order valence-electron chi connectivity index (χ3n) is 6.03. The Bertz CT molecular complexity index is 1540. The summed E-state index contributed by atoms with van der Waals surface area (Å²) in [7, 11) is 0. The zero-order chi connectivity index (χ0) is 28.9. The predicted octanol–water partition coefficient (Wildman–Crippen LogP) is 6.51. The van der Waals surface area contributed by atoms with E-state index < -0.39 is 23.7 Å². The Labute approximate surface area is 232 Å². The molecule has 6 N–H and O–H groups in total. The summed E-state index contributed by atoms with van der Waals surface area (Å²) in [6, 6.07) is 20.8. The first kappa shape index (κ1) is 28.5. The molecule has 4 rings (SSSR count). The highest BCUT2D eigenvalue weighted by atomic mass is 35.5. The number of para-hydroxylation sites is 1. The minimum atomic E-state index is -4.66. The molecule has 0 bridgehead atoms. The first-order chi connectivity index (χ1) is 19.0. The van der Waals surface area contributed by atoms with Gasteiger partial charge in [-0.25, -0.2) is 9.59 Å². The van der Waals surface area contributed by atoms with Crippen LogP contribution in [0.4, 0.5) is 35.9 Å². The summed E-state index contributed by atoms with van der Waals surface area (Å²) in [6.07, 6.45) is -4.66. The van der Waals surface area contributed by atoms with E-state index in [0.29, 0.717) is 23.7 Å². The molecule has 0 aliphatic heterocycles. The predicted molar refractivity (Wildman–Crippen MR) is 146 cm³/mol. The fourth-order valence-corrected chi connectivity index (χ4v) is 4.16. The van der Waals surface area contributed by atoms with Crippen LogP contribution in [0.3, 0.4) is 0 Å². The van der Waals surface area contributed by atoms with Gasteiger partial charge in [0.15, 0.2) is 0 Å². The van der Waals surface area contributed by atoms with Crippen LogP contribution in [0.2, 0.25) is 5.02 Å². The minimum Gasteiger partial charge on any atom is -0.478 e.